The first-order valence-electron chi connectivity index (χ1n) is 7.85. The highest BCUT2D eigenvalue weighted by atomic mass is 19.1. The molecule has 0 unspecified atom stereocenters. The van der Waals surface area contributed by atoms with Gasteiger partial charge in [-0.05, 0) is 55.0 Å². The van der Waals surface area contributed by atoms with Gasteiger partial charge >= 0.3 is 6.03 Å². The van der Waals surface area contributed by atoms with Crippen molar-refractivity contribution in [3.63, 3.8) is 0 Å². The van der Waals surface area contributed by atoms with E-state index in [1.54, 1.807) is 43.5 Å². The number of carbonyl (C=O) groups excluding carboxylic acids is 2. The van der Waals surface area contributed by atoms with Crippen molar-refractivity contribution in [3.05, 3.63) is 54.3 Å². The number of halogens is 1. The van der Waals surface area contributed by atoms with Gasteiger partial charge in [0.05, 0.1) is 7.11 Å². The Morgan fingerprint density at radius 3 is 2.48 bits per heavy atom. The normalized spacial score (nSPS) is 16.6. The van der Waals surface area contributed by atoms with E-state index in [1.165, 1.54) is 17.0 Å². The molecule has 2 N–H and O–H groups in total. The van der Waals surface area contributed by atoms with E-state index in [0.717, 1.165) is 0 Å². The third-order valence-electron chi connectivity index (χ3n) is 4.00. The number of hydrogen-bond donors (Lipinski definition) is 2. The van der Waals surface area contributed by atoms with Gasteiger partial charge in [0, 0.05) is 17.9 Å². The summed E-state index contributed by atoms with van der Waals surface area (Å²) in [4.78, 5) is 26.1. The number of carbonyl (C=O) groups is 2. The summed E-state index contributed by atoms with van der Waals surface area (Å²) in [7, 11) is 1.56. The van der Waals surface area contributed by atoms with Crippen LogP contribution in [0.2, 0.25) is 0 Å². The topological polar surface area (TPSA) is 70.7 Å². The van der Waals surface area contributed by atoms with Gasteiger partial charge in [0.25, 0.3) is 0 Å². The lowest BCUT2D eigenvalue weighted by Gasteiger charge is -2.17. The average Bonchev–Trinajstić information content (AvgIpc) is 2.97. The number of methoxy groups -OCH3 is 1. The molecule has 0 saturated carbocycles. The second-order valence-electron chi connectivity index (χ2n) is 5.63. The zero-order valence-corrected chi connectivity index (χ0v) is 13.7. The molecule has 0 spiro atoms. The minimum absolute atomic E-state index is 0.212. The second-order valence-corrected chi connectivity index (χ2v) is 5.63. The van der Waals surface area contributed by atoms with Crippen molar-refractivity contribution in [1.82, 2.24) is 5.32 Å². The summed E-state index contributed by atoms with van der Waals surface area (Å²) < 4.78 is 18.1. The predicted octanol–water partition coefficient (Wildman–Crippen LogP) is 2.76. The number of ether oxygens (including phenoxy) is 1. The number of benzene rings is 2. The average molecular weight is 343 g/mol. The number of nitrogens with zero attached hydrogens (tertiary/aromatic N) is 1. The van der Waals surface area contributed by atoms with Crippen molar-refractivity contribution in [2.45, 2.75) is 12.5 Å². The van der Waals surface area contributed by atoms with Gasteiger partial charge in [-0.1, -0.05) is 0 Å². The number of hydrogen-bond acceptors (Lipinski definition) is 3. The Balaban J connectivity index is 1.58. The van der Waals surface area contributed by atoms with Crippen molar-refractivity contribution < 1.29 is 18.7 Å². The molecule has 0 bridgehead atoms. The molecule has 1 saturated heterocycles. The molecule has 2 aromatic carbocycles. The van der Waals surface area contributed by atoms with Crippen LogP contribution in [0, 0.1) is 5.82 Å². The molecule has 0 aromatic heterocycles. The highest BCUT2D eigenvalue weighted by molar-refractivity contribution is 6.02. The summed E-state index contributed by atoms with van der Waals surface area (Å²) in [6.45, 7) is 0.470. The fourth-order valence-electron chi connectivity index (χ4n) is 2.69. The van der Waals surface area contributed by atoms with Gasteiger partial charge in [0.15, 0.2) is 0 Å². The van der Waals surface area contributed by atoms with Crippen molar-refractivity contribution in [1.29, 1.82) is 0 Å². The number of anilines is 2. The van der Waals surface area contributed by atoms with Gasteiger partial charge in [-0.15, -0.1) is 0 Å². The molecule has 7 heteroatoms. The van der Waals surface area contributed by atoms with Gasteiger partial charge in [-0.25, -0.2) is 9.18 Å². The van der Waals surface area contributed by atoms with Crippen LogP contribution in [0.15, 0.2) is 48.5 Å². The van der Waals surface area contributed by atoms with E-state index >= 15 is 0 Å². The zero-order chi connectivity index (χ0) is 17.8. The van der Waals surface area contributed by atoms with Gasteiger partial charge in [-0.3, -0.25) is 4.79 Å². The van der Waals surface area contributed by atoms with Crippen LogP contribution in [0.1, 0.15) is 6.42 Å². The van der Waals surface area contributed by atoms with E-state index in [2.05, 4.69) is 10.6 Å². The Kier molecular flexibility index (Phi) is 4.83. The smallest absolute Gasteiger partial charge is 0.319 e. The lowest BCUT2D eigenvalue weighted by atomic mass is 10.2. The van der Waals surface area contributed by atoms with Crippen molar-refractivity contribution in [2.24, 2.45) is 0 Å². The molecule has 3 rings (SSSR count). The molecule has 1 heterocycles. The Bertz CT molecular complexity index is 762. The van der Waals surface area contributed by atoms with E-state index in [1.807, 2.05) is 0 Å². The molecule has 130 valence electrons. The molecule has 1 fully saturated rings. The standard InChI is InChI=1S/C18H18FN3O3/c1-25-15-8-4-13(5-9-15)20-18(24)21-16-10-11-22(17(16)23)14-6-2-12(19)3-7-14/h2-9,16H,10-11H2,1H3,(H2,20,21,24)/t16-/m0/s1. The first-order valence-corrected chi connectivity index (χ1v) is 7.85. The molecule has 0 radical (unpaired) electrons. The first-order chi connectivity index (χ1) is 12.1. The van der Waals surface area contributed by atoms with Crippen LogP contribution in [0.25, 0.3) is 0 Å². The molecule has 0 aliphatic carbocycles. The third-order valence-corrected chi connectivity index (χ3v) is 4.00. The maximum Gasteiger partial charge on any atom is 0.319 e. The Hall–Kier alpha value is -3.09. The lowest BCUT2D eigenvalue weighted by Crippen LogP contribution is -2.43. The van der Waals surface area contributed by atoms with Crippen LogP contribution in [0.5, 0.6) is 5.75 Å². The number of urea groups is 1. The van der Waals surface area contributed by atoms with Crippen LogP contribution >= 0.6 is 0 Å². The summed E-state index contributed by atoms with van der Waals surface area (Å²) in [6, 6.07) is 11.5. The zero-order valence-electron chi connectivity index (χ0n) is 13.7. The van der Waals surface area contributed by atoms with Gasteiger partial charge in [0.1, 0.15) is 17.6 Å². The van der Waals surface area contributed by atoms with Crippen LogP contribution in [-0.2, 0) is 4.79 Å². The molecular weight excluding hydrogens is 325 g/mol. The second kappa shape index (κ2) is 7.21. The minimum Gasteiger partial charge on any atom is -0.497 e. The van der Waals surface area contributed by atoms with Crippen molar-refractivity contribution in [3.8, 4) is 5.75 Å². The minimum atomic E-state index is -0.608. The largest absolute Gasteiger partial charge is 0.497 e. The molecule has 3 amide bonds. The molecule has 1 aliphatic rings. The predicted molar refractivity (Wildman–Crippen MR) is 92.3 cm³/mol. The van der Waals surface area contributed by atoms with Crippen LogP contribution < -0.4 is 20.3 Å². The molecule has 6 nitrogen and oxygen atoms in total. The van der Waals surface area contributed by atoms with Crippen LogP contribution in [0.3, 0.4) is 0 Å². The number of nitrogens with one attached hydrogen (secondary N) is 2. The number of amides is 3. The molecule has 25 heavy (non-hydrogen) atoms. The molecule has 1 atom stereocenters. The monoisotopic (exact) mass is 343 g/mol. The van der Waals surface area contributed by atoms with Gasteiger partial charge in [-0.2, -0.15) is 0 Å². The Morgan fingerprint density at radius 2 is 1.84 bits per heavy atom. The van der Waals surface area contributed by atoms with Gasteiger partial charge in [0.2, 0.25) is 5.91 Å². The maximum absolute atomic E-state index is 13.0. The van der Waals surface area contributed by atoms with E-state index in [-0.39, 0.29) is 11.7 Å². The summed E-state index contributed by atoms with van der Waals surface area (Å²) in [5.74, 6) is 0.118. The Labute approximate surface area is 144 Å². The van der Waals surface area contributed by atoms with Crippen molar-refractivity contribution >= 4 is 23.3 Å². The first kappa shape index (κ1) is 16.8. The van der Waals surface area contributed by atoms with E-state index in [9.17, 15) is 14.0 Å². The fraction of sp³-hybridized carbons (Fsp3) is 0.222. The van der Waals surface area contributed by atoms with Gasteiger partial charge < -0.3 is 20.3 Å². The summed E-state index contributed by atoms with van der Waals surface area (Å²) in [5.41, 5.74) is 1.21. The summed E-state index contributed by atoms with van der Waals surface area (Å²) in [6.07, 6.45) is 0.492. The maximum atomic E-state index is 13.0. The number of rotatable bonds is 4. The highest BCUT2D eigenvalue weighted by Crippen LogP contribution is 2.22. The van der Waals surface area contributed by atoms with E-state index in [4.69, 9.17) is 4.74 Å². The SMILES string of the molecule is COc1ccc(NC(=O)N[C@H]2CCN(c3ccc(F)cc3)C2=O)cc1. The summed E-state index contributed by atoms with van der Waals surface area (Å²) in [5, 5.41) is 5.35. The third kappa shape index (κ3) is 3.88. The van der Waals surface area contributed by atoms with Crippen LogP contribution in [0.4, 0.5) is 20.6 Å². The Morgan fingerprint density at radius 1 is 1.16 bits per heavy atom. The molecule has 1 aliphatic heterocycles. The quantitative estimate of drug-likeness (QED) is 0.897. The van der Waals surface area contributed by atoms with E-state index < -0.39 is 12.1 Å². The highest BCUT2D eigenvalue weighted by Gasteiger charge is 2.33. The summed E-state index contributed by atoms with van der Waals surface area (Å²) >= 11 is 0. The van der Waals surface area contributed by atoms with Crippen LogP contribution in [-0.4, -0.2) is 31.6 Å². The lowest BCUT2D eigenvalue weighted by molar-refractivity contribution is -0.118. The van der Waals surface area contributed by atoms with Crippen molar-refractivity contribution in [2.75, 3.05) is 23.9 Å². The molecule has 2 aromatic rings. The van der Waals surface area contributed by atoms with E-state index in [0.29, 0.717) is 30.1 Å². The molecular formula is C18H18FN3O3. The fourth-order valence-corrected chi connectivity index (χ4v) is 2.69.